The van der Waals surface area contributed by atoms with Gasteiger partial charge in [-0.15, -0.1) is 0 Å². The molecule has 0 spiro atoms. The summed E-state index contributed by atoms with van der Waals surface area (Å²) in [6.07, 6.45) is 3.18. The Bertz CT molecular complexity index is 935. The molecule has 0 fully saturated rings. The van der Waals surface area contributed by atoms with Crippen LogP contribution in [-0.4, -0.2) is 11.8 Å². The molecule has 3 aromatic rings. The van der Waals surface area contributed by atoms with Gasteiger partial charge in [0.1, 0.15) is 0 Å². The minimum absolute atomic E-state index is 0.234. The zero-order valence-corrected chi connectivity index (χ0v) is 14.8. The molecule has 0 atom stereocenters. The zero-order chi connectivity index (χ0) is 18.9. The number of para-hydroxylation sites is 1. The monoisotopic (exact) mass is 356 g/mol. The molecule has 0 bridgehead atoms. The summed E-state index contributed by atoms with van der Waals surface area (Å²) in [4.78, 5) is 24.7. The molecule has 0 radical (unpaired) electrons. The topological polar surface area (TPSA) is 58.2 Å². The van der Waals surface area contributed by atoms with Crippen molar-refractivity contribution in [3.05, 3.63) is 108 Å². The first-order chi connectivity index (χ1) is 13.2. The number of carbonyl (C=O) groups excluding carboxylic acids is 2. The highest BCUT2D eigenvalue weighted by Crippen LogP contribution is 2.15. The maximum Gasteiger partial charge on any atom is 0.253 e. The van der Waals surface area contributed by atoms with Crippen molar-refractivity contribution >= 4 is 23.6 Å². The van der Waals surface area contributed by atoms with Crippen LogP contribution in [0.25, 0.3) is 6.08 Å². The second-order valence-corrected chi connectivity index (χ2v) is 5.95. The minimum Gasteiger partial charge on any atom is -0.348 e. The van der Waals surface area contributed by atoms with Gasteiger partial charge < -0.3 is 10.6 Å². The number of hydrogen-bond donors (Lipinski definition) is 2. The summed E-state index contributed by atoms with van der Waals surface area (Å²) in [5, 5.41) is 5.65. The van der Waals surface area contributed by atoms with Gasteiger partial charge in [-0.25, -0.2) is 0 Å². The van der Waals surface area contributed by atoms with Crippen LogP contribution in [0.5, 0.6) is 0 Å². The molecule has 2 N–H and O–H groups in total. The molecule has 0 aliphatic rings. The third-order valence-corrected chi connectivity index (χ3v) is 3.95. The summed E-state index contributed by atoms with van der Waals surface area (Å²) in [7, 11) is 0. The van der Waals surface area contributed by atoms with E-state index in [1.54, 1.807) is 30.3 Å². The molecular formula is C23H20N2O2. The lowest BCUT2D eigenvalue weighted by Crippen LogP contribution is -2.24. The Morgan fingerprint density at radius 1 is 0.778 bits per heavy atom. The van der Waals surface area contributed by atoms with E-state index in [1.807, 2.05) is 60.7 Å². The van der Waals surface area contributed by atoms with Crippen LogP contribution in [0.1, 0.15) is 21.5 Å². The van der Waals surface area contributed by atoms with Gasteiger partial charge in [0, 0.05) is 12.6 Å². The van der Waals surface area contributed by atoms with Crippen LogP contribution < -0.4 is 10.6 Å². The standard InChI is InChI=1S/C23H20N2O2/c26-22(16-15-18-9-3-1-4-10-18)25-21-14-8-7-13-20(21)23(27)24-17-19-11-5-2-6-12-19/h1-16H,17H2,(H,24,27)(H,25,26). The Morgan fingerprint density at radius 3 is 2.15 bits per heavy atom. The molecule has 0 aliphatic heterocycles. The van der Waals surface area contributed by atoms with E-state index in [0.717, 1.165) is 11.1 Å². The van der Waals surface area contributed by atoms with Crippen molar-refractivity contribution in [2.45, 2.75) is 6.54 Å². The first kappa shape index (κ1) is 18.1. The Morgan fingerprint density at radius 2 is 1.41 bits per heavy atom. The fourth-order valence-electron chi connectivity index (χ4n) is 2.57. The van der Waals surface area contributed by atoms with Crippen molar-refractivity contribution < 1.29 is 9.59 Å². The van der Waals surface area contributed by atoms with Crippen molar-refractivity contribution in [3.8, 4) is 0 Å². The van der Waals surface area contributed by atoms with Gasteiger partial charge in [0.05, 0.1) is 11.3 Å². The van der Waals surface area contributed by atoms with Crippen molar-refractivity contribution in [1.29, 1.82) is 0 Å². The van der Waals surface area contributed by atoms with Gasteiger partial charge >= 0.3 is 0 Å². The molecule has 0 aliphatic carbocycles. The van der Waals surface area contributed by atoms with E-state index in [-0.39, 0.29) is 11.8 Å². The van der Waals surface area contributed by atoms with Gasteiger partial charge in [-0.2, -0.15) is 0 Å². The predicted molar refractivity (Wildman–Crippen MR) is 108 cm³/mol. The molecule has 134 valence electrons. The first-order valence-electron chi connectivity index (χ1n) is 8.67. The molecule has 2 amide bonds. The van der Waals surface area contributed by atoms with E-state index < -0.39 is 0 Å². The molecule has 0 saturated carbocycles. The summed E-state index contributed by atoms with van der Waals surface area (Å²) in [6.45, 7) is 0.426. The normalized spacial score (nSPS) is 10.5. The van der Waals surface area contributed by atoms with Crippen LogP contribution in [0.3, 0.4) is 0 Å². The van der Waals surface area contributed by atoms with Crippen LogP contribution in [0.2, 0.25) is 0 Å². The lowest BCUT2D eigenvalue weighted by atomic mass is 10.1. The van der Waals surface area contributed by atoms with Gasteiger partial charge in [0.2, 0.25) is 5.91 Å². The zero-order valence-electron chi connectivity index (χ0n) is 14.8. The Labute approximate surface area is 158 Å². The Balaban J connectivity index is 1.65. The third-order valence-electron chi connectivity index (χ3n) is 3.95. The highest BCUT2D eigenvalue weighted by molar-refractivity contribution is 6.07. The number of anilines is 1. The van der Waals surface area contributed by atoms with Crippen molar-refractivity contribution in [3.63, 3.8) is 0 Å². The molecular weight excluding hydrogens is 336 g/mol. The minimum atomic E-state index is -0.290. The number of nitrogens with one attached hydrogen (secondary N) is 2. The van der Waals surface area contributed by atoms with Gasteiger partial charge in [0.15, 0.2) is 0 Å². The van der Waals surface area contributed by atoms with Crippen LogP contribution in [0.4, 0.5) is 5.69 Å². The van der Waals surface area contributed by atoms with E-state index >= 15 is 0 Å². The molecule has 0 unspecified atom stereocenters. The smallest absolute Gasteiger partial charge is 0.253 e. The lowest BCUT2D eigenvalue weighted by molar-refractivity contribution is -0.111. The maximum absolute atomic E-state index is 12.5. The first-order valence-corrected chi connectivity index (χ1v) is 8.67. The maximum atomic E-state index is 12.5. The molecule has 3 rings (SSSR count). The fourth-order valence-corrected chi connectivity index (χ4v) is 2.57. The largest absolute Gasteiger partial charge is 0.348 e. The molecule has 4 heteroatoms. The summed E-state index contributed by atoms with van der Waals surface area (Å²) in [5.41, 5.74) is 2.85. The molecule has 0 saturated heterocycles. The van der Waals surface area contributed by atoms with E-state index in [9.17, 15) is 9.59 Å². The van der Waals surface area contributed by atoms with Crippen molar-refractivity contribution in [1.82, 2.24) is 5.32 Å². The van der Waals surface area contributed by atoms with Crippen LogP contribution in [0.15, 0.2) is 91.0 Å². The Kier molecular flexibility index (Phi) is 6.15. The highest BCUT2D eigenvalue weighted by Gasteiger charge is 2.11. The lowest BCUT2D eigenvalue weighted by Gasteiger charge is -2.10. The number of hydrogen-bond acceptors (Lipinski definition) is 2. The Hall–Kier alpha value is -3.66. The van der Waals surface area contributed by atoms with Crippen LogP contribution in [0, 0.1) is 0 Å². The van der Waals surface area contributed by atoms with Gasteiger partial charge in [-0.1, -0.05) is 72.8 Å². The average molecular weight is 356 g/mol. The average Bonchev–Trinajstić information content (AvgIpc) is 2.72. The molecule has 0 heterocycles. The highest BCUT2D eigenvalue weighted by atomic mass is 16.2. The molecule has 0 aromatic heterocycles. The summed E-state index contributed by atoms with van der Waals surface area (Å²) in [6, 6.07) is 26.2. The van der Waals surface area contributed by atoms with Gasteiger partial charge in [-0.3, -0.25) is 9.59 Å². The number of amides is 2. The summed E-state index contributed by atoms with van der Waals surface area (Å²) in [5.74, 6) is -0.524. The van der Waals surface area contributed by atoms with E-state index in [1.165, 1.54) is 6.08 Å². The quantitative estimate of drug-likeness (QED) is 0.648. The van der Waals surface area contributed by atoms with Gasteiger partial charge in [-0.05, 0) is 29.3 Å². The van der Waals surface area contributed by atoms with Crippen molar-refractivity contribution in [2.24, 2.45) is 0 Å². The van der Waals surface area contributed by atoms with E-state index in [4.69, 9.17) is 0 Å². The fraction of sp³-hybridized carbons (Fsp3) is 0.0435. The van der Waals surface area contributed by atoms with Gasteiger partial charge in [0.25, 0.3) is 5.91 Å². The predicted octanol–water partition coefficient (Wildman–Crippen LogP) is 4.27. The number of rotatable bonds is 6. The summed E-state index contributed by atoms with van der Waals surface area (Å²) >= 11 is 0. The summed E-state index contributed by atoms with van der Waals surface area (Å²) < 4.78 is 0. The van der Waals surface area contributed by atoms with Crippen molar-refractivity contribution in [2.75, 3.05) is 5.32 Å². The number of benzene rings is 3. The third kappa shape index (κ3) is 5.41. The number of carbonyl (C=O) groups is 2. The van der Waals surface area contributed by atoms with Crippen LogP contribution >= 0.6 is 0 Å². The van der Waals surface area contributed by atoms with E-state index in [0.29, 0.717) is 17.8 Å². The second kappa shape index (κ2) is 9.15. The molecule has 4 nitrogen and oxygen atoms in total. The second-order valence-electron chi connectivity index (χ2n) is 5.95. The molecule has 27 heavy (non-hydrogen) atoms. The SMILES string of the molecule is O=C(C=Cc1ccccc1)Nc1ccccc1C(=O)NCc1ccccc1. The van der Waals surface area contributed by atoms with E-state index in [2.05, 4.69) is 10.6 Å². The van der Waals surface area contributed by atoms with Crippen LogP contribution in [-0.2, 0) is 11.3 Å². The molecule has 3 aromatic carbocycles.